The molecule has 0 atom stereocenters. The standard InChI is InChI=1S/C19H15N/c1-6-12-20(13-7-1)19-17-10-4-2-8-15(17)14-16-9-3-5-11-18(16)19/h1-12,14H,13H2. The van der Waals surface area contributed by atoms with Gasteiger partial charge < -0.3 is 4.90 Å². The molecule has 0 unspecified atom stereocenters. The number of hydrogen-bond acceptors (Lipinski definition) is 1. The fourth-order valence-electron chi connectivity index (χ4n) is 2.93. The molecule has 0 spiro atoms. The Bertz CT molecular complexity index is 789. The van der Waals surface area contributed by atoms with Gasteiger partial charge >= 0.3 is 0 Å². The smallest absolute Gasteiger partial charge is 0.0568 e. The molecule has 0 fully saturated rings. The molecule has 0 bridgehead atoms. The predicted octanol–water partition coefficient (Wildman–Crippen LogP) is 4.88. The van der Waals surface area contributed by atoms with E-state index in [0.717, 1.165) is 6.54 Å². The van der Waals surface area contributed by atoms with Crippen molar-refractivity contribution in [3.8, 4) is 0 Å². The van der Waals surface area contributed by atoms with Gasteiger partial charge in [-0.25, -0.2) is 0 Å². The molecule has 4 rings (SSSR count). The van der Waals surface area contributed by atoms with Crippen LogP contribution in [0, 0.1) is 0 Å². The maximum Gasteiger partial charge on any atom is 0.0568 e. The highest BCUT2D eigenvalue weighted by Crippen LogP contribution is 2.36. The summed E-state index contributed by atoms with van der Waals surface area (Å²) in [5.74, 6) is 0. The van der Waals surface area contributed by atoms with E-state index in [9.17, 15) is 0 Å². The Balaban J connectivity index is 2.11. The third kappa shape index (κ3) is 1.71. The van der Waals surface area contributed by atoms with E-state index < -0.39 is 0 Å². The van der Waals surface area contributed by atoms with Gasteiger partial charge in [0.2, 0.25) is 0 Å². The number of hydrogen-bond donors (Lipinski definition) is 0. The van der Waals surface area contributed by atoms with Gasteiger partial charge in [0, 0.05) is 23.5 Å². The Kier molecular flexibility index (Phi) is 2.56. The Morgan fingerprint density at radius 1 is 0.750 bits per heavy atom. The molecule has 0 saturated heterocycles. The summed E-state index contributed by atoms with van der Waals surface area (Å²) in [6, 6.07) is 19.5. The van der Waals surface area contributed by atoms with Crippen LogP contribution in [-0.4, -0.2) is 6.54 Å². The van der Waals surface area contributed by atoms with Gasteiger partial charge in [-0.15, -0.1) is 0 Å². The maximum absolute atomic E-state index is 2.32. The van der Waals surface area contributed by atoms with Crippen LogP contribution in [0.1, 0.15) is 0 Å². The van der Waals surface area contributed by atoms with Crippen molar-refractivity contribution in [2.75, 3.05) is 11.4 Å². The van der Waals surface area contributed by atoms with Crippen molar-refractivity contribution >= 4 is 27.2 Å². The monoisotopic (exact) mass is 257 g/mol. The second-order valence-corrected chi connectivity index (χ2v) is 5.09. The maximum atomic E-state index is 2.32. The van der Waals surface area contributed by atoms with E-state index in [2.05, 4.69) is 83.9 Å². The van der Waals surface area contributed by atoms with Crippen LogP contribution in [0.2, 0.25) is 0 Å². The number of nitrogens with zero attached hydrogens (tertiary/aromatic N) is 1. The minimum atomic E-state index is 0.925. The van der Waals surface area contributed by atoms with Crippen molar-refractivity contribution < 1.29 is 0 Å². The minimum absolute atomic E-state index is 0.925. The summed E-state index contributed by atoms with van der Waals surface area (Å²) < 4.78 is 0. The Labute approximate surface area is 118 Å². The lowest BCUT2D eigenvalue weighted by molar-refractivity contribution is 1.09. The van der Waals surface area contributed by atoms with Crippen molar-refractivity contribution in [1.82, 2.24) is 0 Å². The van der Waals surface area contributed by atoms with Gasteiger partial charge in [0.1, 0.15) is 0 Å². The summed E-state index contributed by atoms with van der Waals surface area (Å²) >= 11 is 0. The van der Waals surface area contributed by atoms with Crippen LogP contribution < -0.4 is 4.90 Å². The van der Waals surface area contributed by atoms with Crippen molar-refractivity contribution in [3.05, 3.63) is 79.0 Å². The third-order valence-corrected chi connectivity index (χ3v) is 3.85. The molecule has 1 nitrogen and oxygen atoms in total. The summed E-state index contributed by atoms with van der Waals surface area (Å²) in [4.78, 5) is 2.32. The molecule has 96 valence electrons. The topological polar surface area (TPSA) is 3.24 Å². The van der Waals surface area contributed by atoms with Gasteiger partial charge in [-0.05, 0) is 22.9 Å². The Hall–Kier alpha value is -2.54. The number of anilines is 1. The molecule has 1 heterocycles. The highest BCUT2D eigenvalue weighted by atomic mass is 15.1. The van der Waals surface area contributed by atoms with Gasteiger partial charge in [0.25, 0.3) is 0 Å². The first-order chi connectivity index (χ1) is 9.93. The second-order valence-electron chi connectivity index (χ2n) is 5.09. The third-order valence-electron chi connectivity index (χ3n) is 3.85. The zero-order chi connectivity index (χ0) is 13.4. The second kappa shape index (κ2) is 4.53. The largest absolute Gasteiger partial charge is 0.343 e. The van der Waals surface area contributed by atoms with Crippen molar-refractivity contribution in [2.24, 2.45) is 0 Å². The van der Waals surface area contributed by atoms with Gasteiger partial charge in [-0.3, -0.25) is 0 Å². The molecule has 0 N–H and O–H groups in total. The molecule has 1 heteroatoms. The average molecular weight is 257 g/mol. The molecule has 0 aliphatic carbocycles. The quantitative estimate of drug-likeness (QED) is 0.561. The molecule has 3 aromatic rings. The molecule has 0 aromatic heterocycles. The van der Waals surface area contributed by atoms with E-state index in [1.165, 1.54) is 27.2 Å². The molecule has 0 amide bonds. The lowest BCUT2D eigenvalue weighted by atomic mass is 10.00. The van der Waals surface area contributed by atoms with Crippen LogP contribution in [-0.2, 0) is 0 Å². The zero-order valence-electron chi connectivity index (χ0n) is 11.2. The number of benzene rings is 3. The summed E-state index contributed by atoms with van der Waals surface area (Å²) in [6.07, 6.45) is 8.55. The summed E-state index contributed by atoms with van der Waals surface area (Å²) in [5.41, 5.74) is 1.30. The van der Waals surface area contributed by atoms with Crippen LogP contribution in [0.5, 0.6) is 0 Å². The van der Waals surface area contributed by atoms with Crippen LogP contribution in [0.15, 0.2) is 79.0 Å². The van der Waals surface area contributed by atoms with Crippen molar-refractivity contribution in [2.45, 2.75) is 0 Å². The van der Waals surface area contributed by atoms with Gasteiger partial charge in [0.05, 0.1) is 5.69 Å². The summed E-state index contributed by atoms with van der Waals surface area (Å²) in [5, 5.41) is 5.21. The van der Waals surface area contributed by atoms with E-state index in [0.29, 0.717) is 0 Å². The molecule has 1 aliphatic rings. The number of rotatable bonds is 1. The first-order valence-corrected chi connectivity index (χ1v) is 6.94. The molecule has 0 saturated carbocycles. The number of fused-ring (bicyclic) bond motifs is 2. The van der Waals surface area contributed by atoms with Crippen molar-refractivity contribution in [1.29, 1.82) is 0 Å². The average Bonchev–Trinajstić information content (AvgIpc) is 2.53. The highest BCUT2D eigenvalue weighted by molar-refractivity contribution is 6.11. The van der Waals surface area contributed by atoms with E-state index in [1.807, 2.05) is 0 Å². The van der Waals surface area contributed by atoms with Gasteiger partial charge in [0.15, 0.2) is 0 Å². The van der Waals surface area contributed by atoms with Crippen LogP contribution in [0.4, 0.5) is 5.69 Å². The van der Waals surface area contributed by atoms with E-state index in [1.54, 1.807) is 0 Å². The van der Waals surface area contributed by atoms with E-state index in [4.69, 9.17) is 0 Å². The zero-order valence-corrected chi connectivity index (χ0v) is 11.2. The van der Waals surface area contributed by atoms with Crippen LogP contribution in [0.25, 0.3) is 21.5 Å². The summed E-state index contributed by atoms with van der Waals surface area (Å²) in [7, 11) is 0. The molecule has 0 radical (unpaired) electrons. The fraction of sp³-hybridized carbons (Fsp3) is 0.0526. The molecule has 3 aromatic carbocycles. The first kappa shape index (κ1) is 11.3. The lowest BCUT2D eigenvalue weighted by Gasteiger charge is -2.24. The van der Waals surface area contributed by atoms with Gasteiger partial charge in [-0.1, -0.05) is 60.7 Å². The lowest BCUT2D eigenvalue weighted by Crippen LogP contribution is -2.18. The van der Waals surface area contributed by atoms with Crippen LogP contribution in [0.3, 0.4) is 0 Å². The van der Waals surface area contributed by atoms with Gasteiger partial charge in [-0.2, -0.15) is 0 Å². The Morgan fingerprint density at radius 2 is 1.40 bits per heavy atom. The SMILES string of the molecule is C1=CCN(c2c3ccccc3cc3ccccc23)C=C1. The fourth-order valence-corrected chi connectivity index (χ4v) is 2.93. The van der Waals surface area contributed by atoms with E-state index >= 15 is 0 Å². The highest BCUT2D eigenvalue weighted by Gasteiger charge is 2.12. The molecular weight excluding hydrogens is 242 g/mol. The minimum Gasteiger partial charge on any atom is -0.343 e. The predicted molar refractivity (Wildman–Crippen MR) is 87.1 cm³/mol. The summed E-state index contributed by atoms with van der Waals surface area (Å²) in [6.45, 7) is 0.925. The van der Waals surface area contributed by atoms with E-state index in [-0.39, 0.29) is 0 Å². The molecule has 20 heavy (non-hydrogen) atoms. The Morgan fingerprint density at radius 3 is 2.00 bits per heavy atom. The normalized spacial score (nSPS) is 14.3. The van der Waals surface area contributed by atoms with Crippen LogP contribution >= 0.6 is 0 Å². The first-order valence-electron chi connectivity index (χ1n) is 6.94. The molecule has 1 aliphatic heterocycles. The van der Waals surface area contributed by atoms with Crippen molar-refractivity contribution in [3.63, 3.8) is 0 Å². The number of allylic oxidation sites excluding steroid dienone is 2. The molecular formula is C19H15N.